The largest absolute Gasteiger partial charge is 0.353 e. The van der Waals surface area contributed by atoms with Crippen molar-refractivity contribution in [2.24, 2.45) is 0 Å². The van der Waals surface area contributed by atoms with Crippen molar-refractivity contribution in [3.63, 3.8) is 0 Å². The molecule has 0 saturated carbocycles. The van der Waals surface area contributed by atoms with Crippen LogP contribution in [-0.2, 0) is 12.8 Å². The first-order chi connectivity index (χ1) is 14.1. The van der Waals surface area contributed by atoms with Gasteiger partial charge in [-0.15, -0.1) is 0 Å². The molecule has 0 spiro atoms. The quantitative estimate of drug-likeness (QED) is 0.678. The van der Waals surface area contributed by atoms with Gasteiger partial charge >= 0.3 is 0 Å². The van der Waals surface area contributed by atoms with Gasteiger partial charge in [0.05, 0.1) is 5.69 Å². The van der Waals surface area contributed by atoms with E-state index in [4.69, 9.17) is 4.98 Å². The lowest BCUT2D eigenvalue weighted by molar-refractivity contribution is 0.635. The Morgan fingerprint density at radius 1 is 0.828 bits per heavy atom. The maximum absolute atomic E-state index is 4.79. The zero-order chi connectivity index (χ0) is 20.0. The van der Waals surface area contributed by atoms with Gasteiger partial charge in [-0.2, -0.15) is 5.10 Å². The van der Waals surface area contributed by atoms with Crippen molar-refractivity contribution in [2.45, 2.75) is 40.0 Å². The third kappa shape index (κ3) is 3.32. The zero-order valence-electron chi connectivity index (χ0n) is 17.3. The molecule has 0 amide bonds. The molecule has 1 aliphatic heterocycles. The predicted octanol–water partition coefficient (Wildman–Crippen LogP) is 2.19. The second kappa shape index (κ2) is 7.09. The predicted molar refractivity (Wildman–Crippen MR) is 112 cm³/mol. The summed E-state index contributed by atoms with van der Waals surface area (Å²) in [6, 6.07) is 4.09. The van der Waals surface area contributed by atoms with E-state index in [-0.39, 0.29) is 0 Å². The van der Waals surface area contributed by atoms with E-state index in [0.29, 0.717) is 0 Å². The summed E-state index contributed by atoms with van der Waals surface area (Å²) in [6.45, 7) is 9.72. The monoisotopic (exact) mass is 390 g/mol. The van der Waals surface area contributed by atoms with Gasteiger partial charge in [0.25, 0.3) is 0 Å². The Labute approximate surface area is 170 Å². The van der Waals surface area contributed by atoms with Gasteiger partial charge in [0, 0.05) is 49.2 Å². The molecule has 4 heterocycles. The molecule has 1 aliphatic carbocycles. The van der Waals surface area contributed by atoms with Crippen molar-refractivity contribution in [3.8, 4) is 5.82 Å². The summed E-state index contributed by atoms with van der Waals surface area (Å²) in [5.74, 6) is 3.79. The zero-order valence-corrected chi connectivity index (χ0v) is 17.3. The maximum Gasteiger partial charge on any atom is 0.159 e. The van der Waals surface area contributed by atoms with Crippen LogP contribution >= 0.6 is 0 Å². The molecule has 0 N–H and O–H groups in total. The van der Waals surface area contributed by atoms with Crippen LogP contribution in [-0.4, -0.2) is 55.9 Å². The molecule has 29 heavy (non-hydrogen) atoms. The van der Waals surface area contributed by atoms with Crippen LogP contribution < -0.4 is 9.80 Å². The molecular formula is C21H26N8. The molecule has 5 rings (SSSR count). The lowest BCUT2D eigenvalue weighted by atomic mass is 10.2. The Kier molecular flexibility index (Phi) is 4.41. The van der Waals surface area contributed by atoms with Crippen LogP contribution in [0.3, 0.4) is 0 Å². The normalized spacial score (nSPS) is 16.4. The lowest BCUT2D eigenvalue weighted by Crippen LogP contribution is -2.47. The molecule has 0 aromatic carbocycles. The van der Waals surface area contributed by atoms with Gasteiger partial charge in [0.1, 0.15) is 23.8 Å². The summed E-state index contributed by atoms with van der Waals surface area (Å²) in [7, 11) is 0. The van der Waals surface area contributed by atoms with Gasteiger partial charge in [-0.25, -0.2) is 24.6 Å². The van der Waals surface area contributed by atoms with E-state index in [0.717, 1.165) is 73.7 Å². The van der Waals surface area contributed by atoms with Crippen LogP contribution in [0.1, 0.15) is 34.9 Å². The summed E-state index contributed by atoms with van der Waals surface area (Å²) in [5.41, 5.74) is 4.67. The summed E-state index contributed by atoms with van der Waals surface area (Å²) in [5, 5.41) is 4.55. The van der Waals surface area contributed by atoms with Gasteiger partial charge in [-0.1, -0.05) is 0 Å². The first-order valence-corrected chi connectivity index (χ1v) is 10.3. The Bertz CT molecular complexity index is 1050. The van der Waals surface area contributed by atoms with Crippen molar-refractivity contribution in [1.29, 1.82) is 0 Å². The van der Waals surface area contributed by atoms with Gasteiger partial charge in [0.15, 0.2) is 5.82 Å². The number of hydrogen-bond acceptors (Lipinski definition) is 7. The van der Waals surface area contributed by atoms with E-state index < -0.39 is 0 Å². The molecule has 0 bridgehead atoms. The molecule has 0 atom stereocenters. The van der Waals surface area contributed by atoms with Gasteiger partial charge < -0.3 is 9.80 Å². The highest BCUT2D eigenvalue weighted by atomic mass is 15.3. The van der Waals surface area contributed by atoms with Crippen LogP contribution in [0.15, 0.2) is 18.5 Å². The van der Waals surface area contributed by atoms with E-state index in [1.807, 2.05) is 31.5 Å². The smallest absolute Gasteiger partial charge is 0.159 e. The van der Waals surface area contributed by atoms with E-state index in [1.165, 1.54) is 17.7 Å². The fourth-order valence-corrected chi connectivity index (χ4v) is 4.43. The lowest BCUT2D eigenvalue weighted by Gasteiger charge is -2.36. The van der Waals surface area contributed by atoms with Crippen molar-refractivity contribution < 1.29 is 0 Å². The van der Waals surface area contributed by atoms with Gasteiger partial charge in [-0.3, -0.25) is 0 Å². The number of rotatable bonds is 3. The molecular weight excluding hydrogens is 364 g/mol. The molecule has 1 saturated heterocycles. The Morgan fingerprint density at radius 2 is 1.59 bits per heavy atom. The highest BCUT2D eigenvalue weighted by Crippen LogP contribution is 2.30. The van der Waals surface area contributed by atoms with Crippen LogP contribution in [0, 0.1) is 20.8 Å². The first kappa shape index (κ1) is 18.0. The van der Waals surface area contributed by atoms with Crippen LogP contribution in [0.5, 0.6) is 0 Å². The minimum Gasteiger partial charge on any atom is -0.353 e. The molecule has 8 nitrogen and oxygen atoms in total. The van der Waals surface area contributed by atoms with Crippen LogP contribution in [0.25, 0.3) is 5.82 Å². The number of aryl methyl sites for hydroxylation is 4. The van der Waals surface area contributed by atoms with E-state index in [1.54, 1.807) is 6.33 Å². The number of anilines is 2. The number of aromatic nitrogens is 6. The molecule has 3 aromatic heterocycles. The van der Waals surface area contributed by atoms with Crippen molar-refractivity contribution in [1.82, 2.24) is 29.7 Å². The third-order valence-electron chi connectivity index (χ3n) is 5.79. The fraction of sp³-hybridized carbons (Fsp3) is 0.476. The molecule has 0 radical (unpaired) electrons. The first-order valence-electron chi connectivity index (χ1n) is 10.3. The number of fused-ring (bicyclic) bond motifs is 1. The molecule has 3 aromatic rings. The average Bonchev–Trinajstić information content (AvgIpc) is 3.33. The summed E-state index contributed by atoms with van der Waals surface area (Å²) in [4.78, 5) is 23.1. The highest BCUT2D eigenvalue weighted by Gasteiger charge is 2.25. The third-order valence-corrected chi connectivity index (χ3v) is 5.79. The summed E-state index contributed by atoms with van der Waals surface area (Å²) in [6.07, 6.45) is 5.01. The molecule has 2 aliphatic rings. The summed E-state index contributed by atoms with van der Waals surface area (Å²) < 4.78 is 1.88. The van der Waals surface area contributed by atoms with E-state index in [9.17, 15) is 0 Å². The van der Waals surface area contributed by atoms with Crippen molar-refractivity contribution in [3.05, 3.63) is 46.9 Å². The number of hydrogen-bond donors (Lipinski definition) is 0. The van der Waals surface area contributed by atoms with Crippen LogP contribution in [0.2, 0.25) is 0 Å². The van der Waals surface area contributed by atoms with Crippen molar-refractivity contribution in [2.75, 3.05) is 36.0 Å². The molecule has 0 unspecified atom stereocenters. The Balaban J connectivity index is 1.34. The second-order valence-electron chi connectivity index (χ2n) is 7.92. The molecule has 150 valence electrons. The second-order valence-corrected chi connectivity index (χ2v) is 7.92. The number of piperazine rings is 1. The van der Waals surface area contributed by atoms with Gasteiger partial charge in [-0.05, 0) is 46.1 Å². The van der Waals surface area contributed by atoms with E-state index >= 15 is 0 Å². The highest BCUT2D eigenvalue weighted by molar-refractivity contribution is 5.53. The SMILES string of the molecule is Cc1cc(C)n(-c2cc(N3CCN(c4nc(C)nc5c4CCC5)CC3)ncn2)n1. The minimum absolute atomic E-state index is 0.812. The van der Waals surface area contributed by atoms with Gasteiger partial charge in [0.2, 0.25) is 0 Å². The van der Waals surface area contributed by atoms with E-state index in [2.05, 4.69) is 35.9 Å². The standard InChI is InChI=1S/C21H26N8/c1-14-11-15(2)29(26-14)20-12-19(22-13-23-20)27-7-9-28(10-8-27)21-17-5-4-6-18(17)24-16(3)25-21/h11-13H,4-10H2,1-3H3. The Morgan fingerprint density at radius 3 is 2.34 bits per heavy atom. The minimum atomic E-state index is 0.812. The topological polar surface area (TPSA) is 75.9 Å². The fourth-order valence-electron chi connectivity index (χ4n) is 4.43. The molecule has 8 heteroatoms. The summed E-state index contributed by atoms with van der Waals surface area (Å²) >= 11 is 0. The van der Waals surface area contributed by atoms with Crippen molar-refractivity contribution >= 4 is 11.6 Å². The average molecular weight is 390 g/mol. The number of nitrogens with zero attached hydrogens (tertiary/aromatic N) is 8. The Hall–Kier alpha value is -3.03. The van der Waals surface area contributed by atoms with Crippen LogP contribution in [0.4, 0.5) is 11.6 Å². The maximum atomic E-state index is 4.79. The molecule has 1 fully saturated rings.